The summed E-state index contributed by atoms with van der Waals surface area (Å²) in [5.74, 6) is -5.87. The summed E-state index contributed by atoms with van der Waals surface area (Å²) in [4.78, 5) is 25.6. The molecule has 0 aromatic rings. The van der Waals surface area contributed by atoms with Gasteiger partial charge < -0.3 is 134 Å². The number of hydrogen-bond acceptors (Lipinski definition) is 49. The minimum Gasteiger partial charge on any atom is -0.735 e. The first kappa shape index (κ1) is 108. The van der Waals surface area contributed by atoms with Crippen LogP contribution in [0.4, 0.5) is 0 Å². The van der Waals surface area contributed by atoms with Crippen LogP contribution < -0.4 is 320 Å². The Hall–Kier alpha value is 7.26. The quantitative estimate of drug-likeness (QED) is 0.0183. The van der Waals surface area contributed by atoms with Gasteiger partial charge in [0, 0.05) is 7.11 Å². The molecule has 5 saturated heterocycles. The van der Waals surface area contributed by atoms with Gasteiger partial charge in [-0.1, -0.05) is 0 Å². The van der Waals surface area contributed by atoms with Crippen molar-refractivity contribution in [1.82, 2.24) is 14.2 Å². The molecule has 0 aromatic carbocycles. The van der Waals surface area contributed by atoms with Crippen molar-refractivity contribution in [3.63, 3.8) is 0 Å². The van der Waals surface area contributed by atoms with Crippen molar-refractivity contribution in [2.45, 2.75) is 153 Å². The standard InChI is InChI=1S/C31H53N3O49S8.10Na/c1-69-27-9(33-85(48,49)50)13(37)17(6(74-27)3-71-88(57,58)59)76-31-22(83-91(66,67)68)16(40)21(24(81-31)26(43)44)79-29-10(34-86(51,52)53)19(82-90(63,64)65)18(7(75-29)4-72-89(60,61)62)77-30-15(39)14(38)20(23(80-30)25(41)42)78-28-8(32-84(45,46)47)12(36)11(35)5(73-28)2-70-87(54,55)56;;;;;;;;;;/h5-24,27-40H,2-4H2,1H3,(H,41,42)(H,43,44)(H,45,46,47)(H,48,49,50)(H,51,52,53)(H,54,55,56)(H,57,58,59)(H,60,61,62)(H,63,64,65)(H,66,67,68);;;;;;;;;;/q;10*+1/p-10/t5-,6-,7-,8-,9-,10-,11-,12-,13-,14-,15-,16+,17-,18+,19-,20+,21+,22-,23+,24-,27+,28-,29-,30-,31-;;;;;;;;;;/m1........../s1/i2D2,8D,11D,28D;;;;;;;;;;. The van der Waals surface area contributed by atoms with E-state index in [1.807, 2.05) is 0 Å². The van der Waals surface area contributed by atoms with Gasteiger partial charge in [-0.05, 0) is 0 Å². The number of hydrogen-bond donors (Lipinski definition) is 9. The van der Waals surface area contributed by atoms with Crippen molar-refractivity contribution >= 4 is 94.8 Å². The summed E-state index contributed by atoms with van der Waals surface area (Å²) in [6.07, 6.45) is -76.2. The van der Waals surface area contributed by atoms with Gasteiger partial charge in [-0.25, -0.2) is 81.5 Å². The Kier molecular flexibility index (Phi) is 52.5. The molecular weight excluding hydrogens is 1680 g/mol. The first-order valence-corrected chi connectivity index (χ1v) is 33.7. The molecule has 0 bridgehead atoms. The molecule has 25 atom stereocenters. The van der Waals surface area contributed by atoms with Crippen LogP contribution in [0.3, 0.4) is 0 Å². The Labute approximate surface area is 800 Å². The Morgan fingerprint density at radius 1 is 0.406 bits per heavy atom. The van der Waals surface area contributed by atoms with Crippen molar-refractivity contribution in [3.05, 3.63) is 0 Å². The van der Waals surface area contributed by atoms with Gasteiger partial charge in [-0.15, -0.1) is 0 Å². The van der Waals surface area contributed by atoms with Crippen molar-refractivity contribution in [2.75, 3.05) is 26.9 Å². The number of aliphatic carboxylic acids is 2. The molecule has 5 rings (SSSR count). The Bertz CT molecular complexity index is 3820. The van der Waals surface area contributed by atoms with E-state index < -0.39 is 268 Å². The van der Waals surface area contributed by atoms with Crippen LogP contribution in [0.1, 0.15) is 6.85 Å². The SMILES string of the molecule is [2H]C([2H])(OS(=O)(=O)[O-])[C@H]1O[C@]([2H])(O[C@H]2[C@H](O)[C@@H](O)[C@H](O[C@@H]3[C@H](OS(=O)(=O)[O-])[C@@H](NS(=O)(=O)[O-])[C@@H](O[C@H]4[C@H](O)[C@@H](OS(=O)(=O)[O-])[C@H](O[C@H]5[C@H](O)[C@@H](NS(=O)(=O)[O-])[C@@H](OC)O[C@@H]5COS(=O)(=O)[O-])O[C@H]4C(=O)[O-])O[C@@H]3COS(=O)(=O)[O-])O[C@@H]2C(=O)[O-])[C@]([2H])(NS(=O)(=O)[O-])[C@@H](O)[C@]1([2H])O.[Na+].[Na+].[Na+].[Na+].[Na+].[Na+].[Na+].[Na+].[Na+].[Na+]. The van der Waals surface area contributed by atoms with Gasteiger partial charge in [0.25, 0.3) is 0 Å². The molecule has 101 heavy (non-hydrogen) atoms. The largest absolute Gasteiger partial charge is 1.00 e. The van der Waals surface area contributed by atoms with Crippen molar-refractivity contribution in [2.24, 2.45) is 0 Å². The van der Waals surface area contributed by atoms with Crippen molar-refractivity contribution < 1.29 is 525 Å². The second kappa shape index (κ2) is 49.0. The molecule has 52 nitrogen and oxygen atoms in total. The summed E-state index contributed by atoms with van der Waals surface area (Å²) >= 11 is 0. The van der Waals surface area contributed by atoms with Crippen LogP contribution in [0.15, 0.2) is 0 Å². The van der Waals surface area contributed by atoms with E-state index in [0.29, 0.717) is 11.8 Å². The molecule has 0 aliphatic carbocycles. The zero-order chi connectivity index (χ0) is 74.0. The van der Waals surface area contributed by atoms with Gasteiger partial charge in [-0.2, -0.15) is 0 Å². The summed E-state index contributed by atoms with van der Waals surface area (Å²) in [5.41, 5.74) is 0. The molecule has 0 radical (unpaired) electrons. The maximum Gasteiger partial charge on any atom is 1.00 e. The van der Waals surface area contributed by atoms with E-state index in [2.05, 4.69) is 25.7 Å². The molecule has 0 saturated carbocycles. The molecule has 5 aliphatic rings. The van der Waals surface area contributed by atoms with Crippen molar-refractivity contribution in [1.29, 1.82) is 0 Å². The fraction of sp³-hybridized carbons (Fsp3) is 0.935. The van der Waals surface area contributed by atoms with E-state index in [1.165, 1.54) is 4.72 Å². The van der Waals surface area contributed by atoms with Crippen LogP contribution in [-0.4, -0.2) is 326 Å². The van der Waals surface area contributed by atoms with Crippen LogP contribution in [0, 0.1) is 0 Å². The van der Waals surface area contributed by atoms with E-state index >= 15 is 0 Å². The number of carboxylic acids is 2. The molecule has 534 valence electrons. The van der Waals surface area contributed by atoms with Crippen LogP contribution in [-0.2, 0) is 161 Å². The summed E-state index contributed by atoms with van der Waals surface area (Å²) in [6.45, 7) is -8.62. The second-order valence-electron chi connectivity index (χ2n) is 17.9. The van der Waals surface area contributed by atoms with Gasteiger partial charge in [0.1, 0.15) is 116 Å². The van der Waals surface area contributed by atoms with E-state index in [-0.39, 0.29) is 296 Å². The maximum absolute atomic E-state index is 12.9. The molecule has 0 aromatic heterocycles. The smallest absolute Gasteiger partial charge is 0.735 e. The number of nitrogens with one attached hydrogen (secondary N) is 3. The number of aliphatic hydroxyl groups excluding tert-OH is 5. The van der Waals surface area contributed by atoms with Crippen LogP contribution in [0.2, 0.25) is 0 Å². The second-order valence-corrected chi connectivity index (χ2v) is 26.4. The topological polar surface area (TPSA) is 834 Å². The summed E-state index contributed by atoms with van der Waals surface area (Å²) in [7, 11) is -50.2. The van der Waals surface area contributed by atoms with Crippen LogP contribution in [0.25, 0.3) is 0 Å². The van der Waals surface area contributed by atoms with E-state index in [9.17, 15) is 154 Å². The van der Waals surface area contributed by atoms with Gasteiger partial charge in [0.15, 0.2) is 68.4 Å². The summed E-state index contributed by atoms with van der Waals surface area (Å²) in [5, 5.41) is 93.0. The third-order valence-electron chi connectivity index (χ3n) is 11.7. The minimum atomic E-state index is -6.78. The fourth-order valence-electron chi connectivity index (χ4n) is 8.40. The number of ether oxygens (including phenoxy) is 10. The normalized spacial score (nSPS) is 37.9. The third-order valence-corrected chi connectivity index (χ3v) is 15.4. The Morgan fingerprint density at radius 2 is 0.792 bits per heavy atom. The third kappa shape index (κ3) is 38.3. The van der Waals surface area contributed by atoms with E-state index in [0.717, 1.165) is 4.72 Å². The number of carbonyl (C=O) groups excluding carboxylic acids is 2. The number of aliphatic hydroxyl groups is 6. The average Bonchev–Trinajstić information content (AvgIpc) is 0.703. The molecule has 5 aliphatic heterocycles. The maximum atomic E-state index is 12.9. The molecule has 0 amide bonds. The predicted molar refractivity (Wildman–Crippen MR) is 242 cm³/mol. The molecule has 5 fully saturated rings. The van der Waals surface area contributed by atoms with Gasteiger partial charge in [-0.3, -0.25) is 20.9 Å². The van der Waals surface area contributed by atoms with Gasteiger partial charge in [0.2, 0.25) is 52.0 Å². The molecule has 70 heteroatoms. The zero-order valence-corrected chi connectivity index (χ0v) is 79.7. The number of rotatable bonds is 30. The molecule has 9 N–H and O–H groups in total. The monoisotopic (exact) mass is 1730 g/mol. The molecule has 5 heterocycles. The van der Waals surface area contributed by atoms with E-state index in [1.54, 1.807) is 0 Å². The van der Waals surface area contributed by atoms with Crippen LogP contribution >= 0.6 is 0 Å². The fourth-order valence-corrected chi connectivity index (χ4v) is 11.8. The Morgan fingerprint density at radius 3 is 1.21 bits per heavy atom. The molecule has 0 spiro atoms. The summed E-state index contributed by atoms with van der Waals surface area (Å²) < 4.78 is 400. The van der Waals surface area contributed by atoms with Crippen molar-refractivity contribution in [3.8, 4) is 0 Å². The van der Waals surface area contributed by atoms with E-state index in [4.69, 9.17) is 49.5 Å². The Balaban J connectivity index is -0.00000250. The summed E-state index contributed by atoms with van der Waals surface area (Å²) in [6, 6.07) is -10.8. The molecule has 0 unspecified atom stereocenters. The number of methoxy groups -OCH3 is 1. The van der Waals surface area contributed by atoms with Gasteiger partial charge >= 0.3 is 296 Å². The van der Waals surface area contributed by atoms with Crippen LogP contribution in [0.5, 0.6) is 0 Å². The van der Waals surface area contributed by atoms with Gasteiger partial charge in [0.05, 0.1) is 38.6 Å². The average molecular weight is 1730 g/mol. The first-order chi connectivity index (χ1) is 42.9. The number of carboxylic acid groups (broad SMARTS) is 2. The predicted octanol–water partition coefficient (Wildman–Crippen LogP) is -49.1. The molecular formula is C31H43N3Na10O49S8. The minimum absolute atomic E-state index is 0. The number of carbonyl (C=O) groups is 2. The first-order valence-electron chi connectivity index (χ1n) is 25.3. The zero-order valence-electron chi connectivity index (χ0n) is 58.1.